The number of likely N-dealkylation sites (N-methyl/N-ethyl adjacent to an activating group) is 2. The summed E-state index contributed by atoms with van der Waals surface area (Å²) in [6.45, 7) is 1.16. The minimum Gasteiger partial charge on any atom is -0.487 e. The third-order valence-electron chi connectivity index (χ3n) is 2.82. The quantitative estimate of drug-likeness (QED) is 0.780. The molecule has 1 aliphatic heterocycles. The smallest absolute Gasteiger partial charge is 0.246 e. The lowest BCUT2D eigenvalue weighted by Crippen LogP contribution is -2.37. The van der Waals surface area contributed by atoms with Crippen LogP contribution in [0.1, 0.15) is 0 Å². The molecule has 0 spiro atoms. The number of rotatable bonds is 4. The third kappa shape index (κ3) is 2.24. The second-order valence-electron chi connectivity index (χ2n) is 4.03. The Morgan fingerprint density at radius 3 is 3.06 bits per heavy atom. The van der Waals surface area contributed by atoms with Gasteiger partial charge in [-0.1, -0.05) is 0 Å². The van der Waals surface area contributed by atoms with Crippen molar-refractivity contribution in [3.05, 3.63) is 17.9 Å². The number of hydrogen-bond acceptors (Lipinski definition) is 4. The van der Waals surface area contributed by atoms with Crippen molar-refractivity contribution in [1.82, 2.24) is 5.32 Å². The van der Waals surface area contributed by atoms with Crippen LogP contribution in [0.4, 0.5) is 15.8 Å². The van der Waals surface area contributed by atoms with E-state index in [4.69, 9.17) is 4.74 Å². The molecule has 1 aliphatic rings. The van der Waals surface area contributed by atoms with Crippen molar-refractivity contribution in [2.45, 2.75) is 0 Å². The Balaban J connectivity index is 2.35. The molecule has 1 amide bonds. The Kier molecular flexibility index (Phi) is 3.66. The van der Waals surface area contributed by atoms with Gasteiger partial charge in [-0.15, -0.1) is 0 Å². The van der Waals surface area contributed by atoms with Crippen LogP contribution in [0.25, 0.3) is 0 Å². The van der Waals surface area contributed by atoms with Gasteiger partial charge in [-0.05, 0) is 19.2 Å². The van der Waals surface area contributed by atoms with E-state index in [9.17, 15) is 9.18 Å². The maximum absolute atomic E-state index is 13.8. The summed E-state index contributed by atoms with van der Waals surface area (Å²) in [5.74, 6) is -0.467. The molecule has 0 saturated carbocycles. The van der Waals surface area contributed by atoms with Crippen molar-refractivity contribution < 1.29 is 13.9 Å². The summed E-state index contributed by atoms with van der Waals surface area (Å²) in [6, 6.07) is 2.95. The molecule has 0 radical (unpaired) electrons. The maximum atomic E-state index is 13.8. The number of benzene rings is 1. The van der Waals surface area contributed by atoms with Gasteiger partial charge in [0.05, 0.1) is 12.2 Å². The van der Waals surface area contributed by atoms with Gasteiger partial charge in [0.25, 0.3) is 0 Å². The van der Waals surface area contributed by atoms with Crippen molar-refractivity contribution >= 4 is 17.3 Å². The number of hydrogen-bond donors (Lipinski definition) is 2. The van der Waals surface area contributed by atoms with Crippen molar-refractivity contribution in [1.29, 1.82) is 0 Å². The fourth-order valence-corrected chi connectivity index (χ4v) is 1.83. The molecule has 0 aromatic heterocycles. The molecule has 2 rings (SSSR count). The van der Waals surface area contributed by atoms with Crippen LogP contribution in [-0.2, 0) is 4.79 Å². The molecule has 18 heavy (non-hydrogen) atoms. The summed E-state index contributed by atoms with van der Waals surface area (Å²) in [5, 5.41) is 5.86. The van der Waals surface area contributed by atoms with Crippen LogP contribution in [-0.4, -0.2) is 39.7 Å². The minimum atomic E-state index is -0.465. The average molecular weight is 253 g/mol. The lowest BCUT2D eigenvalue weighted by molar-refractivity contribution is -0.116. The van der Waals surface area contributed by atoms with Gasteiger partial charge < -0.3 is 20.3 Å². The fourth-order valence-electron chi connectivity index (χ4n) is 1.83. The Bertz CT molecular complexity index is 465. The fraction of sp³-hybridized carbons (Fsp3) is 0.417. The molecular formula is C12H16FN3O2. The van der Waals surface area contributed by atoms with Gasteiger partial charge >= 0.3 is 0 Å². The molecule has 0 unspecified atom stereocenters. The van der Waals surface area contributed by atoms with Gasteiger partial charge in [0.1, 0.15) is 12.3 Å². The normalized spacial score (nSPS) is 14.2. The Morgan fingerprint density at radius 1 is 1.56 bits per heavy atom. The Labute approximate surface area is 105 Å². The molecule has 0 aliphatic carbocycles. The Hall–Kier alpha value is -1.82. The van der Waals surface area contributed by atoms with Gasteiger partial charge in [-0.25, -0.2) is 4.39 Å². The zero-order valence-electron chi connectivity index (χ0n) is 10.4. The number of anilines is 2. The van der Waals surface area contributed by atoms with Gasteiger partial charge in [-0.2, -0.15) is 0 Å². The first-order valence-electron chi connectivity index (χ1n) is 5.75. The van der Waals surface area contributed by atoms with Gasteiger partial charge in [0, 0.05) is 13.6 Å². The third-order valence-corrected chi connectivity index (χ3v) is 2.82. The summed E-state index contributed by atoms with van der Waals surface area (Å²) in [7, 11) is 3.41. The van der Waals surface area contributed by atoms with Crippen molar-refractivity contribution in [2.75, 3.05) is 44.0 Å². The number of nitrogens with one attached hydrogen (secondary N) is 2. The predicted octanol–water partition coefficient (Wildman–Crippen LogP) is 0.812. The molecule has 0 saturated heterocycles. The zero-order valence-corrected chi connectivity index (χ0v) is 10.4. The molecule has 0 atom stereocenters. The van der Waals surface area contributed by atoms with E-state index in [2.05, 4.69) is 10.6 Å². The number of fused-ring (bicyclic) bond motifs is 1. The van der Waals surface area contributed by atoms with Crippen LogP contribution in [0.3, 0.4) is 0 Å². The molecular weight excluding hydrogens is 237 g/mol. The van der Waals surface area contributed by atoms with E-state index in [1.54, 1.807) is 20.2 Å². The van der Waals surface area contributed by atoms with E-state index in [0.29, 0.717) is 24.5 Å². The van der Waals surface area contributed by atoms with E-state index in [1.807, 2.05) is 0 Å². The number of ether oxygens (including phenoxy) is 1. The first-order valence-corrected chi connectivity index (χ1v) is 5.75. The number of halogens is 1. The molecule has 0 fully saturated rings. The number of carbonyl (C=O) groups excluding carboxylic acids is 1. The molecule has 0 bridgehead atoms. The van der Waals surface area contributed by atoms with Crippen LogP contribution < -0.4 is 20.3 Å². The first-order chi connectivity index (χ1) is 8.65. The second-order valence-corrected chi connectivity index (χ2v) is 4.03. The molecule has 1 aromatic rings. The number of carbonyl (C=O) groups is 1. The highest BCUT2D eigenvalue weighted by molar-refractivity contribution is 6.04. The summed E-state index contributed by atoms with van der Waals surface area (Å²) in [5.41, 5.74) is 1.17. The van der Waals surface area contributed by atoms with Crippen LogP contribution in [0.2, 0.25) is 0 Å². The highest BCUT2D eigenvalue weighted by Gasteiger charge is 2.26. The molecule has 5 nitrogen and oxygen atoms in total. The highest BCUT2D eigenvalue weighted by atomic mass is 19.1. The largest absolute Gasteiger partial charge is 0.487 e. The van der Waals surface area contributed by atoms with Crippen molar-refractivity contribution in [3.8, 4) is 5.75 Å². The molecule has 1 aromatic carbocycles. The van der Waals surface area contributed by atoms with Crippen molar-refractivity contribution in [3.63, 3.8) is 0 Å². The number of nitrogens with zero attached hydrogens (tertiary/aromatic N) is 1. The first kappa shape index (κ1) is 12.6. The summed E-state index contributed by atoms with van der Waals surface area (Å²) < 4.78 is 19.2. The van der Waals surface area contributed by atoms with Crippen molar-refractivity contribution in [2.24, 2.45) is 0 Å². The van der Waals surface area contributed by atoms with E-state index in [1.165, 1.54) is 11.0 Å². The topological polar surface area (TPSA) is 53.6 Å². The molecule has 1 heterocycles. The Morgan fingerprint density at radius 2 is 2.33 bits per heavy atom. The number of amides is 1. The van der Waals surface area contributed by atoms with E-state index in [-0.39, 0.29) is 18.2 Å². The van der Waals surface area contributed by atoms with Gasteiger partial charge in [-0.3, -0.25) is 4.79 Å². The van der Waals surface area contributed by atoms with Gasteiger partial charge in [0.15, 0.2) is 11.6 Å². The second kappa shape index (κ2) is 5.22. The average Bonchev–Trinajstić information content (AvgIpc) is 2.36. The SMILES string of the molecule is CNCCOc1c(F)ccc2c1N(C)C(=O)CN2. The highest BCUT2D eigenvalue weighted by Crippen LogP contribution is 2.39. The van der Waals surface area contributed by atoms with Crippen LogP contribution in [0.5, 0.6) is 5.75 Å². The maximum Gasteiger partial charge on any atom is 0.246 e. The lowest BCUT2D eigenvalue weighted by Gasteiger charge is -2.28. The monoisotopic (exact) mass is 253 g/mol. The summed E-state index contributed by atoms with van der Waals surface area (Å²) in [4.78, 5) is 13.0. The predicted molar refractivity (Wildman–Crippen MR) is 67.7 cm³/mol. The van der Waals surface area contributed by atoms with E-state index >= 15 is 0 Å². The van der Waals surface area contributed by atoms with Crippen LogP contribution >= 0.6 is 0 Å². The standard InChI is InChI=1S/C12H16FN3O2/c1-14-5-6-18-12-8(13)3-4-9-11(12)16(2)10(17)7-15-9/h3-4,14-15H,5-7H2,1-2H3. The summed E-state index contributed by atoms with van der Waals surface area (Å²) in [6.07, 6.45) is 0. The zero-order chi connectivity index (χ0) is 13.1. The van der Waals surface area contributed by atoms with Crippen LogP contribution in [0.15, 0.2) is 12.1 Å². The minimum absolute atomic E-state index is 0.116. The summed E-state index contributed by atoms with van der Waals surface area (Å²) >= 11 is 0. The molecule has 98 valence electrons. The van der Waals surface area contributed by atoms with Crippen LogP contribution in [0, 0.1) is 5.82 Å². The lowest BCUT2D eigenvalue weighted by atomic mass is 10.1. The van der Waals surface area contributed by atoms with E-state index in [0.717, 1.165) is 0 Å². The van der Waals surface area contributed by atoms with Gasteiger partial charge in [0.2, 0.25) is 5.91 Å². The molecule has 2 N–H and O–H groups in total. The van der Waals surface area contributed by atoms with E-state index < -0.39 is 5.82 Å². The molecule has 6 heteroatoms.